The molecule has 0 atom stereocenters. The van der Waals surface area contributed by atoms with E-state index >= 15 is 0 Å². The Morgan fingerprint density at radius 1 is 1.14 bits per heavy atom. The van der Waals surface area contributed by atoms with Crippen LogP contribution >= 0.6 is 11.8 Å². The number of halogens is 3. The molecular formula is C19H16F3N3O3S. The predicted molar refractivity (Wildman–Crippen MR) is 103 cm³/mol. The minimum absolute atomic E-state index is 0.126. The van der Waals surface area contributed by atoms with Gasteiger partial charge in [0.2, 0.25) is 5.91 Å². The van der Waals surface area contributed by atoms with Crippen LogP contribution in [0.2, 0.25) is 0 Å². The van der Waals surface area contributed by atoms with Gasteiger partial charge in [-0.2, -0.15) is 0 Å². The van der Waals surface area contributed by atoms with E-state index < -0.39 is 29.0 Å². The lowest BCUT2D eigenvalue weighted by Crippen LogP contribution is -2.25. The number of rotatable bonds is 7. The maximum atomic E-state index is 13.7. The summed E-state index contributed by atoms with van der Waals surface area (Å²) in [7, 11) is 0. The Morgan fingerprint density at radius 2 is 1.90 bits per heavy atom. The van der Waals surface area contributed by atoms with E-state index in [9.17, 15) is 22.8 Å². The largest absolute Gasteiger partial charge is 0.396 e. The Labute approximate surface area is 167 Å². The summed E-state index contributed by atoms with van der Waals surface area (Å²) in [6.07, 6.45) is 0.319. The third-order valence-electron chi connectivity index (χ3n) is 4.01. The number of aliphatic hydroxyl groups excluding tert-OH is 1. The Morgan fingerprint density at radius 3 is 2.66 bits per heavy atom. The molecule has 2 N–H and O–H groups in total. The van der Waals surface area contributed by atoms with Gasteiger partial charge in [0, 0.05) is 13.2 Å². The number of hydrogen-bond acceptors (Lipinski definition) is 5. The Kier molecular flexibility index (Phi) is 6.55. The van der Waals surface area contributed by atoms with Gasteiger partial charge in [0.25, 0.3) is 5.56 Å². The first kappa shape index (κ1) is 20.9. The van der Waals surface area contributed by atoms with Crippen molar-refractivity contribution in [3.8, 4) is 0 Å². The normalized spacial score (nSPS) is 11.0. The van der Waals surface area contributed by atoms with Gasteiger partial charge in [0.1, 0.15) is 0 Å². The lowest BCUT2D eigenvalue weighted by molar-refractivity contribution is -0.113. The second-order valence-electron chi connectivity index (χ2n) is 6.01. The van der Waals surface area contributed by atoms with Gasteiger partial charge < -0.3 is 10.4 Å². The first-order chi connectivity index (χ1) is 13.9. The third-order valence-corrected chi connectivity index (χ3v) is 4.98. The van der Waals surface area contributed by atoms with E-state index in [0.29, 0.717) is 23.4 Å². The van der Waals surface area contributed by atoms with E-state index in [2.05, 4.69) is 10.3 Å². The van der Waals surface area contributed by atoms with Crippen LogP contribution in [0.4, 0.5) is 18.9 Å². The average Bonchev–Trinajstić information content (AvgIpc) is 2.72. The van der Waals surface area contributed by atoms with Gasteiger partial charge in [-0.3, -0.25) is 14.2 Å². The van der Waals surface area contributed by atoms with Crippen LogP contribution in [-0.2, 0) is 11.3 Å². The van der Waals surface area contributed by atoms with Crippen molar-refractivity contribution in [3.05, 3.63) is 64.2 Å². The SMILES string of the molecule is O=C(CSc1nc2ccccc2c(=O)n1CCCO)Nc1ccc(F)c(F)c1F. The van der Waals surface area contributed by atoms with Crippen molar-refractivity contribution in [2.45, 2.75) is 18.1 Å². The van der Waals surface area contributed by atoms with Crippen LogP contribution in [0.1, 0.15) is 6.42 Å². The molecule has 152 valence electrons. The monoisotopic (exact) mass is 423 g/mol. The number of benzene rings is 2. The van der Waals surface area contributed by atoms with E-state index in [1.165, 1.54) is 4.57 Å². The number of nitrogens with one attached hydrogen (secondary N) is 1. The van der Waals surface area contributed by atoms with Crippen LogP contribution in [0.5, 0.6) is 0 Å². The molecule has 3 aromatic rings. The predicted octanol–water partition coefficient (Wildman–Crippen LogP) is 2.93. The molecule has 10 heteroatoms. The summed E-state index contributed by atoms with van der Waals surface area (Å²) < 4.78 is 41.3. The van der Waals surface area contributed by atoms with Gasteiger partial charge in [0.15, 0.2) is 22.6 Å². The summed E-state index contributed by atoms with van der Waals surface area (Å²) >= 11 is 0.935. The molecule has 1 heterocycles. The van der Waals surface area contributed by atoms with E-state index in [0.717, 1.165) is 17.8 Å². The molecular weight excluding hydrogens is 407 g/mol. The second-order valence-corrected chi connectivity index (χ2v) is 6.95. The maximum Gasteiger partial charge on any atom is 0.262 e. The maximum absolute atomic E-state index is 13.7. The molecule has 2 aromatic carbocycles. The first-order valence-electron chi connectivity index (χ1n) is 8.59. The zero-order valence-electron chi connectivity index (χ0n) is 15.0. The molecule has 1 amide bonds. The lowest BCUT2D eigenvalue weighted by atomic mass is 10.2. The Balaban J connectivity index is 1.81. The second kappa shape index (κ2) is 9.10. The van der Waals surface area contributed by atoms with Gasteiger partial charge in [-0.1, -0.05) is 23.9 Å². The average molecular weight is 423 g/mol. The lowest BCUT2D eigenvalue weighted by Gasteiger charge is -2.13. The summed E-state index contributed by atoms with van der Waals surface area (Å²) in [5.74, 6) is -5.46. The zero-order chi connectivity index (χ0) is 21.0. The number of aromatic nitrogens is 2. The molecule has 0 aliphatic heterocycles. The summed E-state index contributed by atoms with van der Waals surface area (Å²) in [4.78, 5) is 29.2. The summed E-state index contributed by atoms with van der Waals surface area (Å²) in [5.41, 5.74) is -0.343. The number of carbonyl (C=O) groups is 1. The third kappa shape index (κ3) is 4.60. The molecule has 0 bridgehead atoms. The van der Waals surface area contributed by atoms with Crippen LogP contribution in [0, 0.1) is 17.5 Å². The number of fused-ring (bicyclic) bond motifs is 1. The number of thioether (sulfide) groups is 1. The molecule has 0 spiro atoms. The fraction of sp³-hybridized carbons (Fsp3) is 0.211. The van der Waals surface area contributed by atoms with Crippen LogP contribution < -0.4 is 10.9 Å². The molecule has 0 aliphatic carbocycles. The fourth-order valence-electron chi connectivity index (χ4n) is 2.62. The topological polar surface area (TPSA) is 84.2 Å². The molecule has 0 saturated carbocycles. The van der Waals surface area contributed by atoms with E-state index in [1.807, 2.05) is 0 Å². The zero-order valence-corrected chi connectivity index (χ0v) is 15.8. The molecule has 0 fully saturated rings. The standard InChI is InChI=1S/C19H16F3N3O3S/c20-12-6-7-14(17(22)16(12)21)23-15(27)10-29-19-24-13-5-2-1-4-11(13)18(28)25(19)8-3-9-26/h1-2,4-7,26H,3,8-10H2,(H,23,27). The fourth-order valence-corrected chi connectivity index (χ4v) is 3.45. The molecule has 1 aromatic heterocycles. The highest BCUT2D eigenvalue weighted by atomic mass is 32.2. The summed E-state index contributed by atoms with van der Waals surface area (Å²) in [5, 5.41) is 11.9. The number of nitrogens with zero attached hydrogens (tertiary/aromatic N) is 2. The quantitative estimate of drug-likeness (QED) is 0.347. The van der Waals surface area contributed by atoms with Crippen molar-refractivity contribution in [1.29, 1.82) is 0 Å². The number of para-hydroxylation sites is 1. The van der Waals surface area contributed by atoms with Crippen LogP contribution in [0.3, 0.4) is 0 Å². The minimum Gasteiger partial charge on any atom is -0.396 e. The number of amides is 1. The Bertz CT molecular complexity index is 1120. The smallest absolute Gasteiger partial charge is 0.262 e. The van der Waals surface area contributed by atoms with Gasteiger partial charge in [-0.25, -0.2) is 18.2 Å². The van der Waals surface area contributed by atoms with Crippen molar-refractivity contribution >= 4 is 34.3 Å². The van der Waals surface area contributed by atoms with Crippen molar-refractivity contribution < 1.29 is 23.1 Å². The number of carbonyl (C=O) groups excluding carboxylic acids is 1. The van der Waals surface area contributed by atoms with Gasteiger partial charge in [-0.05, 0) is 30.7 Å². The van der Waals surface area contributed by atoms with Crippen molar-refractivity contribution in [3.63, 3.8) is 0 Å². The molecule has 0 saturated heterocycles. The van der Waals surface area contributed by atoms with E-state index in [4.69, 9.17) is 5.11 Å². The highest BCUT2D eigenvalue weighted by Crippen LogP contribution is 2.21. The molecule has 6 nitrogen and oxygen atoms in total. The van der Waals surface area contributed by atoms with Gasteiger partial charge >= 0.3 is 0 Å². The van der Waals surface area contributed by atoms with E-state index in [1.54, 1.807) is 24.3 Å². The van der Waals surface area contributed by atoms with Crippen LogP contribution in [0.15, 0.2) is 46.3 Å². The summed E-state index contributed by atoms with van der Waals surface area (Å²) in [6.45, 7) is 0.0776. The van der Waals surface area contributed by atoms with Crippen molar-refractivity contribution in [1.82, 2.24) is 9.55 Å². The van der Waals surface area contributed by atoms with Crippen LogP contribution in [-0.4, -0.2) is 32.9 Å². The van der Waals surface area contributed by atoms with Crippen LogP contribution in [0.25, 0.3) is 10.9 Å². The molecule has 0 radical (unpaired) electrons. The van der Waals surface area contributed by atoms with Gasteiger partial charge in [0.05, 0.1) is 22.3 Å². The van der Waals surface area contributed by atoms with Crippen molar-refractivity contribution in [2.75, 3.05) is 17.7 Å². The molecule has 0 unspecified atom stereocenters. The van der Waals surface area contributed by atoms with Gasteiger partial charge in [-0.15, -0.1) is 0 Å². The molecule has 3 rings (SSSR count). The molecule has 29 heavy (non-hydrogen) atoms. The van der Waals surface area contributed by atoms with E-state index in [-0.39, 0.29) is 29.6 Å². The summed E-state index contributed by atoms with van der Waals surface area (Å²) in [6, 6.07) is 8.35. The van der Waals surface area contributed by atoms with Crippen molar-refractivity contribution in [2.24, 2.45) is 0 Å². The number of hydrogen-bond donors (Lipinski definition) is 2. The minimum atomic E-state index is -1.68. The molecule has 0 aliphatic rings. The highest BCUT2D eigenvalue weighted by Gasteiger charge is 2.17. The first-order valence-corrected chi connectivity index (χ1v) is 9.57. The highest BCUT2D eigenvalue weighted by molar-refractivity contribution is 7.99. The Hall–Kier alpha value is -2.85. The number of anilines is 1. The number of aliphatic hydroxyl groups is 1.